The molecule has 166 valence electrons. The Morgan fingerprint density at radius 3 is 2.19 bits per heavy atom. The second kappa shape index (κ2) is 9.35. The van der Waals surface area contributed by atoms with E-state index in [-0.39, 0.29) is 18.4 Å². The van der Waals surface area contributed by atoms with Crippen molar-refractivity contribution in [2.45, 2.75) is 62.8 Å². The number of hydrogen-bond acceptors (Lipinski definition) is 4. The number of rotatable bonds is 8. The van der Waals surface area contributed by atoms with Crippen molar-refractivity contribution in [1.29, 1.82) is 0 Å². The Morgan fingerprint density at radius 2 is 1.71 bits per heavy atom. The molecule has 1 heterocycles. The summed E-state index contributed by atoms with van der Waals surface area (Å²) >= 11 is 1.29. The highest BCUT2D eigenvalue weighted by molar-refractivity contribution is 8.01. The molecule has 0 unspecified atom stereocenters. The Bertz CT molecular complexity index is 923. The highest BCUT2D eigenvalue weighted by Crippen LogP contribution is 2.53. The minimum atomic E-state index is -1.28. The van der Waals surface area contributed by atoms with Crippen molar-refractivity contribution in [2.24, 2.45) is 0 Å². The van der Waals surface area contributed by atoms with Crippen LogP contribution in [0.3, 0.4) is 0 Å². The average molecular weight is 441 g/mol. The van der Waals surface area contributed by atoms with Gasteiger partial charge in [-0.1, -0.05) is 29.8 Å². The number of nitrogens with zero attached hydrogens (tertiary/aromatic N) is 2. The summed E-state index contributed by atoms with van der Waals surface area (Å²) in [7, 11) is 0. The van der Waals surface area contributed by atoms with Crippen molar-refractivity contribution < 1.29 is 14.7 Å². The predicted molar refractivity (Wildman–Crippen MR) is 127 cm³/mol. The highest BCUT2D eigenvalue weighted by atomic mass is 32.2. The Kier molecular flexibility index (Phi) is 6.99. The third-order valence-corrected chi connectivity index (χ3v) is 7.41. The summed E-state index contributed by atoms with van der Waals surface area (Å²) in [5.41, 5.74) is 3.07. The van der Waals surface area contributed by atoms with Crippen LogP contribution in [0, 0.1) is 6.92 Å². The SMILES string of the molecule is CCN(CC)c1ccc([C@H]2N(C(C)C)C(=O)C[C@]2(Sc2ccc(C)cc2)C(=O)O)cc1. The number of amides is 1. The van der Waals surface area contributed by atoms with E-state index in [0.29, 0.717) is 0 Å². The lowest BCUT2D eigenvalue weighted by Gasteiger charge is -2.36. The number of carbonyl (C=O) groups excluding carboxylic acids is 1. The van der Waals surface area contributed by atoms with E-state index in [1.807, 2.05) is 69.3 Å². The summed E-state index contributed by atoms with van der Waals surface area (Å²) in [4.78, 5) is 30.7. The van der Waals surface area contributed by atoms with Gasteiger partial charge in [0.15, 0.2) is 4.75 Å². The number of carboxylic acid groups (broad SMARTS) is 1. The van der Waals surface area contributed by atoms with Crippen molar-refractivity contribution in [3.63, 3.8) is 0 Å². The first-order valence-electron chi connectivity index (χ1n) is 10.9. The molecule has 0 saturated carbocycles. The fourth-order valence-corrected chi connectivity index (χ4v) is 5.74. The first-order valence-corrected chi connectivity index (χ1v) is 11.7. The quantitative estimate of drug-likeness (QED) is 0.616. The van der Waals surface area contributed by atoms with E-state index in [2.05, 4.69) is 18.7 Å². The molecule has 0 aliphatic carbocycles. The van der Waals surface area contributed by atoms with Crippen LogP contribution in [-0.4, -0.2) is 45.8 Å². The average Bonchev–Trinajstić information content (AvgIpc) is 3.04. The zero-order valence-electron chi connectivity index (χ0n) is 19.0. The van der Waals surface area contributed by atoms with Crippen LogP contribution in [-0.2, 0) is 9.59 Å². The molecule has 1 aliphatic heterocycles. The van der Waals surface area contributed by atoms with Crippen LogP contribution in [0.15, 0.2) is 53.4 Å². The minimum absolute atomic E-state index is 0.0263. The zero-order chi connectivity index (χ0) is 22.8. The lowest BCUT2D eigenvalue weighted by Crippen LogP contribution is -2.43. The summed E-state index contributed by atoms with van der Waals surface area (Å²) < 4.78 is -1.28. The molecule has 6 heteroatoms. The van der Waals surface area contributed by atoms with Gasteiger partial charge >= 0.3 is 5.97 Å². The highest BCUT2D eigenvalue weighted by Gasteiger charge is 2.59. The molecule has 31 heavy (non-hydrogen) atoms. The molecule has 1 N–H and O–H groups in total. The summed E-state index contributed by atoms with van der Waals surface area (Å²) in [5, 5.41) is 10.4. The molecule has 1 fully saturated rings. The number of hydrogen-bond donors (Lipinski definition) is 1. The Hall–Kier alpha value is -2.47. The van der Waals surface area contributed by atoms with Gasteiger partial charge in [0, 0.05) is 29.7 Å². The van der Waals surface area contributed by atoms with E-state index in [1.54, 1.807) is 4.90 Å². The van der Waals surface area contributed by atoms with Crippen LogP contribution in [0.5, 0.6) is 0 Å². The van der Waals surface area contributed by atoms with Gasteiger partial charge in [0.05, 0.1) is 12.5 Å². The number of carboxylic acids is 1. The van der Waals surface area contributed by atoms with Gasteiger partial charge in [-0.3, -0.25) is 9.59 Å². The van der Waals surface area contributed by atoms with Crippen LogP contribution in [0.4, 0.5) is 5.69 Å². The third kappa shape index (κ3) is 4.45. The molecule has 0 aromatic heterocycles. The number of aliphatic carboxylic acids is 1. The normalized spacial score (nSPS) is 21.0. The predicted octanol–water partition coefficient (Wildman–Crippen LogP) is 5.14. The third-order valence-electron chi connectivity index (χ3n) is 6.00. The molecule has 0 radical (unpaired) electrons. The first kappa shape index (κ1) is 23.2. The number of carbonyl (C=O) groups is 2. The number of thioether (sulfide) groups is 1. The summed E-state index contributed by atoms with van der Waals surface area (Å²) in [5.74, 6) is -1.07. The standard InChI is InChI=1S/C25H32N2O3S/c1-6-26(7-2)20-12-10-19(11-13-20)23-25(24(29)30,16-22(28)27(23)17(3)4)31-21-14-8-18(5)9-15-21/h8-15,17,23H,6-7,16H2,1-5H3,(H,29,30)/t23-,25-/m1/s1. The number of aryl methyl sites for hydroxylation is 1. The molecule has 0 spiro atoms. The summed E-state index contributed by atoms with van der Waals surface area (Å²) in [6.07, 6.45) is -0.0263. The maximum absolute atomic E-state index is 13.1. The number of anilines is 1. The van der Waals surface area contributed by atoms with Gasteiger partial charge in [0.1, 0.15) is 0 Å². The molecule has 1 saturated heterocycles. The zero-order valence-corrected chi connectivity index (χ0v) is 19.8. The van der Waals surface area contributed by atoms with E-state index < -0.39 is 16.8 Å². The fourth-order valence-electron chi connectivity index (χ4n) is 4.40. The molecule has 2 aromatic carbocycles. The molecule has 0 bridgehead atoms. The minimum Gasteiger partial charge on any atom is -0.480 e. The van der Waals surface area contributed by atoms with E-state index in [4.69, 9.17) is 0 Å². The molecule has 1 aliphatic rings. The first-order chi connectivity index (χ1) is 14.7. The van der Waals surface area contributed by atoms with Crippen molar-refractivity contribution >= 4 is 29.3 Å². The van der Waals surface area contributed by atoms with Gasteiger partial charge in [0.2, 0.25) is 5.91 Å². The summed E-state index contributed by atoms with van der Waals surface area (Å²) in [6.45, 7) is 11.9. The van der Waals surface area contributed by atoms with E-state index in [1.165, 1.54) is 11.8 Å². The van der Waals surface area contributed by atoms with Gasteiger partial charge in [-0.05, 0) is 64.4 Å². The van der Waals surface area contributed by atoms with Gasteiger partial charge in [-0.15, -0.1) is 11.8 Å². The largest absolute Gasteiger partial charge is 0.480 e. The van der Waals surface area contributed by atoms with Crippen LogP contribution in [0.25, 0.3) is 0 Å². The molecular weight excluding hydrogens is 408 g/mol. The van der Waals surface area contributed by atoms with Crippen LogP contribution in [0.1, 0.15) is 51.3 Å². The summed E-state index contributed by atoms with van der Waals surface area (Å²) in [6, 6.07) is 15.2. The fraction of sp³-hybridized carbons (Fsp3) is 0.440. The van der Waals surface area contributed by atoms with E-state index >= 15 is 0 Å². The Labute approximate surface area is 189 Å². The van der Waals surface area contributed by atoms with E-state index in [9.17, 15) is 14.7 Å². The van der Waals surface area contributed by atoms with Crippen molar-refractivity contribution in [1.82, 2.24) is 4.90 Å². The van der Waals surface area contributed by atoms with Crippen LogP contribution in [0.2, 0.25) is 0 Å². The van der Waals surface area contributed by atoms with Crippen LogP contribution >= 0.6 is 11.8 Å². The lowest BCUT2D eigenvalue weighted by atomic mass is 9.92. The molecule has 2 aromatic rings. The molecule has 2 atom stereocenters. The topological polar surface area (TPSA) is 60.9 Å². The van der Waals surface area contributed by atoms with Crippen molar-refractivity contribution in [3.8, 4) is 0 Å². The van der Waals surface area contributed by atoms with Gasteiger partial charge in [0.25, 0.3) is 0 Å². The molecular formula is C25H32N2O3S. The number of benzene rings is 2. The van der Waals surface area contributed by atoms with Gasteiger partial charge in [-0.2, -0.15) is 0 Å². The lowest BCUT2D eigenvalue weighted by molar-refractivity contribution is -0.140. The smallest absolute Gasteiger partial charge is 0.323 e. The Balaban J connectivity index is 2.09. The Morgan fingerprint density at radius 1 is 1.13 bits per heavy atom. The second-order valence-corrected chi connectivity index (χ2v) is 9.75. The van der Waals surface area contributed by atoms with E-state index in [0.717, 1.165) is 34.8 Å². The van der Waals surface area contributed by atoms with Crippen molar-refractivity contribution in [2.75, 3.05) is 18.0 Å². The maximum atomic E-state index is 13.1. The maximum Gasteiger partial charge on any atom is 0.323 e. The van der Waals surface area contributed by atoms with Crippen LogP contribution < -0.4 is 4.90 Å². The second-order valence-electron chi connectivity index (χ2n) is 8.35. The van der Waals surface area contributed by atoms with Gasteiger partial charge < -0.3 is 14.9 Å². The number of likely N-dealkylation sites (tertiary alicyclic amines) is 1. The monoisotopic (exact) mass is 440 g/mol. The molecule has 1 amide bonds. The van der Waals surface area contributed by atoms with Gasteiger partial charge in [-0.25, -0.2) is 0 Å². The molecule has 3 rings (SSSR count). The molecule has 5 nitrogen and oxygen atoms in total. The van der Waals surface area contributed by atoms with Crippen molar-refractivity contribution in [3.05, 3.63) is 59.7 Å².